The molecule has 1 aliphatic carbocycles. The summed E-state index contributed by atoms with van der Waals surface area (Å²) in [6.07, 6.45) is 5.50. The molecule has 0 aromatic carbocycles. The number of methoxy groups -OCH3 is 1. The van der Waals surface area contributed by atoms with Gasteiger partial charge in [-0.2, -0.15) is 0 Å². The van der Waals surface area contributed by atoms with Gasteiger partial charge in [-0.3, -0.25) is 4.98 Å². The van der Waals surface area contributed by atoms with E-state index in [0.29, 0.717) is 6.54 Å². The zero-order valence-corrected chi connectivity index (χ0v) is 18.8. The number of nitrogens with zero attached hydrogens (tertiary/aromatic N) is 2. The van der Waals surface area contributed by atoms with Crippen LogP contribution < -0.4 is 15.4 Å². The van der Waals surface area contributed by atoms with Crippen LogP contribution in [0.3, 0.4) is 0 Å². The highest BCUT2D eigenvalue weighted by atomic mass is 127. The third kappa shape index (κ3) is 7.65. The number of aryl methyl sites for hydroxylation is 1. The fourth-order valence-corrected chi connectivity index (χ4v) is 2.64. The maximum absolute atomic E-state index is 5.66. The molecule has 26 heavy (non-hydrogen) atoms. The van der Waals surface area contributed by atoms with E-state index in [9.17, 15) is 0 Å². The number of hydrogen-bond acceptors (Lipinski definition) is 4. The Morgan fingerprint density at radius 1 is 1.31 bits per heavy atom. The van der Waals surface area contributed by atoms with Gasteiger partial charge in [0, 0.05) is 43.6 Å². The Balaban J connectivity index is 0.00000338. The molecule has 1 saturated carbocycles. The molecule has 0 radical (unpaired) electrons. The summed E-state index contributed by atoms with van der Waals surface area (Å²) in [6, 6.07) is 0. The number of halogens is 1. The SMILES string of the molecule is CCNC(=NCc1ncc(C)c(OC)c1C)NCCCOCC1CC1.I. The second-order valence-electron chi connectivity index (χ2n) is 6.54. The fraction of sp³-hybridized carbons (Fsp3) is 0.684. The van der Waals surface area contributed by atoms with Crippen molar-refractivity contribution in [3.05, 3.63) is 23.0 Å². The highest BCUT2D eigenvalue weighted by Gasteiger charge is 2.20. The Morgan fingerprint density at radius 3 is 2.73 bits per heavy atom. The zero-order chi connectivity index (χ0) is 18.1. The smallest absolute Gasteiger partial charge is 0.191 e. The Kier molecular flexibility index (Phi) is 10.9. The Bertz CT molecular complexity index is 577. The van der Waals surface area contributed by atoms with Crippen LogP contribution in [0.1, 0.15) is 43.0 Å². The molecular weight excluding hydrogens is 443 g/mol. The predicted octanol–water partition coefficient (Wildman–Crippen LogP) is 3.20. The van der Waals surface area contributed by atoms with E-state index in [0.717, 1.165) is 67.2 Å². The van der Waals surface area contributed by atoms with Crippen LogP contribution in [0.5, 0.6) is 5.75 Å². The molecule has 1 heterocycles. The minimum atomic E-state index is 0. The van der Waals surface area contributed by atoms with Crippen molar-refractivity contribution in [1.29, 1.82) is 0 Å². The van der Waals surface area contributed by atoms with Gasteiger partial charge in [0.15, 0.2) is 5.96 Å². The summed E-state index contributed by atoms with van der Waals surface area (Å²) in [5.74, 6) is 2.53. The van der Waals surface area contributed by atoms with Crippen LogP contribution in [0.4, 0.5) is 0 Å². The highest BCUT2D eigenvalue weighted by Crippen LogP contribution is 2.28. The average molecular weight is 476 g/mol. The van der Waals surface area contributed by atoms with Gasteiger partial charge in [-0.25, -0.2) is 4.99 Å². The molecule has 148 valence electrons. The lowest BCUT2D eigenvalue weighted by Crippen LogP contribution is -2.38. The normalized spacial score (nSPS) is 13.9. The third-order valence-electron chi connectivity index (χ3n) is 4.29. The van der Waals surface area contributed by atoms with Crippen LogP contribution >= 0.6 is 24.0 Å². The van der Waals surface area contributed by atoms with Crippen molar-refractivity contribution in [2.45, 2.75) is 46.6 Å². The molecule has 1 aromatic rings. The number of aliphatic imine (C=N–C) groups is 1. The van der Waals surface area contributed by atoms with Crippen molar-refractivity contribution in [3.8, 4) is 5.75 Å². The van der Waals surface area contributed by atoms with Crippen molar-refractivity contribution < 1.29 is 9.47 Å². The standard InChI is InChI=1S/C19H32N4O2.HI/c1-5-20-19(21-9-6-10-25-13-16-7-8-16)23-12-17-15(3)18(24-4)14(2)11-22-17;/h11,16H,5-10,12-13H2,1-4H3,(H2,20,21,23);1H. The zero-order valence-electron chi connectivity index (χ0n) is 16.4. The number of ether oxygens (including phenoxy) is 2. The van der Waals surface area contributed by atoms with E-state index in [1.54, 1.807) is 7.11 Å². The monoisotopic (exact) mass is 476 g/mol. The molecule has 0 unspecified atom stereocenters. The lowest BCUT2D eigenvalue weighted by Gasteiger charge is -2.13. The summed E-state index contributed by atoms with van der Waals surface area (Å²) >= 11 is 0. The van der Waals surface area contributed by atoms with Crippen molar-refractivity contribution >= 4 is 29.9 Å². The highest BCUT2D eigenvalue weighted by molar-refractivity contribution is 14.0. The second-order valence-corrected chi connectivity index (χ2v) is 6.54. The van der Waals surface area contributed by atoms with Crippen LogP contribution in [0.15, 0.2) is 11.2 Å². The molecule has 1 aliphatic rings. The summed E-state index contributed by atoms with van der Waals surface area (Å²) < 4.78 is 11.1. The third-order valence-corrected chi connectivity index (χ3v) is 4.29. The minimum absolute atomic E-state index is 0. The lowest BCUT2D eigenvalue weighted by molar-refractivity contribution is 0.123. The van der Waals surface area contributed by atoms with Crippen molar-refractivity contribution in [2.75, 3.05) is 33.4 Å². The molecule has 2 N–H and O–H groups in total. The first-order chi connectivity index (χ1) is 12.2. The summed E-state index contributed by atoms with van der Waals surface area (Å²) in [7, 11) is 1.69. The van der Waals surface area contributed by atoms with E-state index >= 15 is 0 Å². The first-order valence-electron chi connectivity index (χ1n) is 9.24. The predicted molar refractivity (Wildman–Crippen MR) is 117 cm³/mol. The summed E-state index contributed by atoms with van der Waals surface area (Å²) in [4.78, 5) is 9.14. The summed E-state index contributed by atoms with van der Waals surface area (Å²) in [5.41, 5.74) is 3.03. The molecule has 0 aliphatic heterocycles. The summed E-state index contributed by atoms with van der Waals surface area (Å²) in [5, 5.41) is 6.62. The van der Waals surface area contributed by atoms with Gasteiger partial charge < -0.3 is 20.1 Å². The van der Waals surface area contributed by atoms with Crippen LogP contribution in [-0.4, -0.2) is 44.4 Å². The Hall–Kier alpha value is -1.09. The van der Waals surface area contributed by atoms with Gasteiger partial charge >= 0.3 is 0 Å². The van der Waals surface area contributed by atoms with Crippen LogP contribution in [0.2, 0.25) is 0 Å². The van der Waals surface area contributed by atoms with Crippen LogP contribution in [0, 0.1) is 19.8 Å². The molecule has 0 amide bonds. The van der Waals surface area contributed by atoms with Gasteiger partial charge in [-0.1, -0.05) is 0 Å². The number of pyridine rings is 1. The topological polar surface area (TPSA) is 67.8 Å². The van der Waals surface area contributed by atoms with Gasteiger partial charge in [0.25, 0.3) is 0 Å². The van der Waals surface area contributed by atoms with E-state index in [1.165, 1.54) is 12.8 Å². The molecule has 6 nitrogen and oxygen atoms in total. The molecular formula is C19H33IN4O2. The van der Waals surface area contributed by atoms with Gasteiger partial charge in [0.2, 0.25) is 0 Å². The Morgan fingerprint density at radius 2 is 2.08 bits per heavy atom. The van der Waals surface area contributed by atoms with E-state index < -0.39 is 0 Å². The molecule has 0 atom stereocenters. The van der Waals surface area contributed by atoms with Crippen molar-refractivity contribution in [1.82, 2.24) is 15.6 Å². The molecule has 1 fully saturated rings. The quantitative estimate of drug-likeness (QED) is 0.235. The molecule has 0 spiro atoms. The van der Waals surface area contributed by atoms with Crippen molar-refractivity contribution in [2.24, 2.45) is 10.9 Å². The van der Waals surface area contributed by atoms with Crippen LogP contribution in [0.25, 0.3) is 0 Å². The number of rotatable bonds is 10. The second kappa shape index (κ2) is 12.3. The average Bonchev–Trinajstić information content (AvgIpc) is 3.41. The number of guanidine groups is 1. The molecule has 7 heteroatoms. The van der Waals surface area contributed by atoms with E-state index in [2.05, 4.69) is 27.5 Å². The number of aromatic nitrogens is 1. The largest absolute Gasteiger partial charge is 0.496 e. The molecule has 0 saturated heterocycles. The summed E-state index contributed by atoms with van der Waals surface area (Å²) in [6.45, 7) is 10.0. The maximum atomic E-state index is 5.66. The Labute approximate surface area is 174 Å². The van der Waals surface area contributed by atoms with Gasteiger partial charge in [0.1, 0.15) is 5.75 Å². The number of hydrogen-bond donors (Lipinski definition) is 2. The van der Waals surface area contributed by atoms with Gasteiger partial charge in [-0.15, -0.1) is 24.0 Å². The lowest BCUT2D eigenvalue weighted by atomic mass is 10.1. The van der Waals surface area contributed by atoms with Gasteiger partial charge in [0.05, 0.1) is 19.3 Å². The molecule has 1 aromatic heterocycles. The molecule has 2 rings (SSSR count). The van der Waals surface area contributed by atoms with Crippen molar-refractivity contribution in [3.63, 3.8) is 0 Å². The minimum Gasteiger partial charge on any atom is -0.496 e. The van der Waals surface area contributed by atoms with E-state index in [1.807, 2.05) is 20.0 Å². The van der Waals surface area contributed by atoms with Gasteiger partial charge in [-0.05, 0) is 46.0 Å². The maximum Gasteiger partial charge on any atom is 0.191 e. The van der Waals surface area contributed by atoms with E-state index in [-0.39, 0.29) is 24.0 Å². The first kappa shape index (κ1) is 23.0. The fourth-order valence-electron chi connectivity index (χ4n) is 2.64. The molecule has 0 bridgehead atoms. The van der Waals surface area contributed by atoms with Crippen LogP contribution in [-0.2, 0) is 11.3 Å². The van der Waals surface area contributed by atoms with E-state index in [4.69, 9.17) is 9.47 Å². The number of nitrogens with one attached hydrogen (secondary N) is 2. The first-order valence-corrected chi connectivity index (χ1v) is 9.24.